The van der Waals surface area contributed by atoms with Gasteiger partial charge in [-0.25, -0.2) is 4.98 Å². The van der Waals surface area contributed by atoms with Gasteiger partial charge in [0.05, 0.1) is 5.03 Å². The molecule has 1 aromatic heterocycles. The van der Waals surface area contributed by atoms with E-state index in [1.807, 2.05) is 23.9 Å². The number of thioether (sulfide) groups is 1. The van der Waals surface area contributed by atoms with Crippen LogP contribution in [0.15, 0.2) is 23.4 Å². The summed E-state index contributed by atoms with van der Waals surface area (Å²) >= 11 is 1.86. The molecule has 2 atom stereocenters. The van der Waals surface area contributed by atoms with E-state index in [2.05, 4.69) is 11.9 Å². The highest BCUT2D eigenvalue weighted by Crippen LogP contribution is 2.35. The highest BCUT2D eigenvalue weighted by molar-refractivity contribution is 7.99. The summed E-state index contributed by atoms with van der Waals surface area (Å²) in [6.45, 7) is 2.33. The average Bonchev–Trinajstić information content (AvgIpc) is 2.30. The Kier molecular flexibility index (Phi) is 3.99. The Morgan fingerprint density at radius 2 is 2.31 bits per heavy atom. The predicted octanol–water partition coefficient (Wildman–Crippen LogP) is 3.56. The molecule has 2 rings (SSSR count). The van der Waals surface area contributed by atoms with Crippen LogP contribution < -0.4 is 0 Å². The maximum absolute atomic E-state index is 10.5. The molecule has 0 amide bonds. The lowest BCUT2D eigenvalue weighted by Crippen LogP contribution is -2.15. The zero-order chi connectivity index (χ0) is 11.4. The van der Waals surface area contributed by atoms with Crippen molar-refractivity contribution < 1.29 is 4.79 Å². The Morgan fingerprint density at radius 3 is 2.94 bits per heavy atom. The van der Waals surface area contributed by atoms with Crippen molar-refractivity contribution in [1.82, 2.24) is 4.98 Å². The van der Waals surface area contributed by atoms with Crippen molar-refractivity contribution in [3.8, 4) is 0 Å². The molecule has 1 aliphatic rings. The highest BCUT2D eigenvalue weighted by Gasteiger charge is 2.19. The van der Waals surface area contributed by atoms with E-state index >= 15 is 0 Å². The van der Waals surface area contributed by atoms with Crippen molar-refractivity contribution in [1.29, 1.82) is 0 Å². The monoisotopic (exact) mass is 235 g/mol. The molecule has 1 heterocycles. The number of hydrogen-bond acceptors (Lipinski definition) is 3. The van der Waals surface area contributed by atoms with Crippen molar-refractivity contribution >= 4 is 18.0 Å². The first-order chi connectivity index (χ1) is 7.78. The molecule has 0 spiro atoms. The highest BCUT2D eigenvalue weighted by atomic mass is 32.2. The second kappa shape index (κ2) is 5.48. The molecule has 0 aromatic carbocycles. The number of hydrogen-bond donors (Lipinski definition) is 0. The molecule has 1 fully saturated rings. The first kappa shape index (κ1) is 11.6. The summed E-state index contributed by atoms with van der Waals surface area (Å²) in [5.41, 5.74) is 0.654. The van der Waals surface area contributed by atoms with E-state index in [0.717, 1.165) is 17.2 Å². The van der Waals surface area contributed by atoms with Gasteiger partial charge >= 0.3 is 0 Å². The number of carbonyl (C=O) groups excluding carboxylic acids is 1. The molecule has 0 aliphatic heterocycles. The minimum absolute atomic E-state index is 0.654. The fraction of sp³-hybridized carbons (Fsp3) is 0.538. The van der Waals surface area contributed by atoms with E-state index in [1.165, 1.54) is 25.7 Å². The smallest absolute Gasteiger partial charge is 0.151 e. The van der Waals surface area contributed by atoms with Gasteiger partial charge in [-0.1, -0.05) is 19.8 Å². The van der Waals surface area contributed by atoms with Crippen molar-refractivity contribution in [2.75, 3.05) is 0 Å². The van der Waals surface area contributed by atoms with Crippen LogP contribution in [0.3, 0.4) is 0 Å². The molecule has 0 radical (unpaired) electrons. The van der Waals surface area contributed by atoms with E-state index in [9.17, 15) is 4.79 Å². The molecule has 2 unspecified atom stereocenters. The van der Waals surface area contributed by atoms with Crippen LogP contribution in [0.2, 0.25) is 0 Å². The standard InChI is InChI=1S/C13H17NOS/c1-10-3-2-4-12(7-10)16-13-6-5-11(9-15)8-14-13/h5-6,8-10,12H,2-4,7H2,1H3. The molecule has 1 saturated carbocycles. The summed E-state index contributed by atoms with van der Waals surface area (Å²) in [5, 5.41) is 1.75. The number of rotatable bonds is 3. The minimum atomic E-state index is 0.654. The Labute approximate surface area is 101 Å². The van der Waals surface area contributed by atoms with Gasteiger partial charge in [0.25, 0.3) is 0 Å². The molecule has 1 aromatic rings. The van der Waals surface area contributed by atoms with Crippen LogP contribution in [-0.4, -0.2) is 16.5 Å². The number of aromatic nitrogens is 1. The van der Waals surface area contributed by atoms with E-state index in [-0.39, 0.29) is 0 Å². The molecule has 2 nitrogen and oxygen atoms in total. The molecule has 1 aliphatic carbocycles. The third kappa shape index (κ3) is 3.08. The van der Waals surface area contributed by atoms with Crippen molar-refractivity contribution in [2.45, 2.75) is 42.9 Å². The van der Waals surface area contributed by atoms with Gasteiger partial charge < -0.3 is 0 Å². The molecule has 3 heteroatoms. The lowest BCUT2D eigenvalue weighted by molar-refractivity contribution is 0.112. The first-order valence-corrected chi connectivity index (χ1v) is 6.74. The van der Waals surface area contributed by atoms with Gasteiger partial charge in [0.1, 0.15) is 0 Å². The fourth-order valence-electron chi connectivity index (χ4n) is 2.19. The first-order valence-electron chi connectivity index (χ1n) is 5.86. The van der Waals surface area contributed by atoms with Crippen LogP contribution in [0, 0.1) is 5.92 Å². The van der Waals surface area contributed by atoms with Crippen LogP contribution in [0.1, 0.15) is 43.0 Å². The second-order valence-electron chi connectivity index (χ2n) is 4.56. The topological polar surface area (TPSA) is 30.0 Å². The Bertz CT molecular complexity index is 349. The van der Waals surface area contributed by atoms with Crippen LogP contribution in [0.4, 0.5) is 0 Å². The lowest BCUT2D eigenvalue weighted by Gasteiger charge is -2.25. The number of carbonyl (C=O) groups is 1. The normalized spacial score (nSPS) is 25.3. The van der Waals surface area contributed by atoms with Crippen molar-refractivity contribution in [3.63, 3.8) is 0 Å². The van der Waals surface area contributed by atoms with Crippen LogP contribution >= 0.6 is 11.8 Å². The number of aldehydes is 1. The zero-order valence-corrected chi connectivity index (χ0v) is 10.4. The maximum Gasteiger partial charge on any atom is 0.151 e. The predicted molar refractivity (Wildman–Crippen MR) is 66.9 cm³/mol. The minimum Gasteiger partial charge on any atom is -0.298 e. The number of nitrogens with zero attached hydrogens (tertiary/aromatic N) is 1. The summed E-state index contributed by atoms with van der Waals surface area (Å²) in [7, 11) is 0. The van der Waals surface area contributed by atoms with Gasteiger partial charge in [-0.2, -0.15) is 0 Å². The van der Waals surface area contributed by atoms with Crippen LogP contribution in [-0.2, 0) is 0 Å². The van der Waals surface area contributed by atoms with Crippen molar-refractivity contribution in [2.24, 2.45) is 5.92 Å². The van der Waals surface area contributed by atoms with E-state index < -0.39 is 0 Å². The summed E-state index contributed by atoms with van der Waals surface area (Å²) in [4.78, 5) is 14.8. The SMILES string of the molecule is CC1CCCC(Sc2ccc(C=O)cn2)C1. The Balaban J connectivity index is 1.94. The molecule has 16 heavy (non-hydrogen) atoms. The Hall–Kier alpha value is -0.830. The maximum atomic E-state index is 10.5. The van der Waals surface area contributed by atoms with Gasteiger partial charge in [-0.05, 0) is 30.9 Å². The van der Waals surface area contributed by atoms with Gasteiger partial charge in [0.2, 0.25) is 0 Å². The molecular weight excluding hydrogens is 218 g/mol. The van der Waals surface area contributed by atoms with E-state index in [0.29, 0.717) is 10.8 Å². The van der Waals surface area contributed by atoms with E-state index in [4.69, 9.17) is 0 Å². The van der Waals surface area contributed by atoms with Crippen LogP contribution in [0.5, 0.6) is 0 Å². The van der Waals surface area contributed by atoms with Gasteiger partial charge in [-0.3, -0.25) is 4.79 Å². The lowest BCUT2D eigenvalue weighted by atomic mass is 9.91. The zero-order valence-electron chi connectivity index (χ0n) is 9.56. The third-order valence-electron chi connectivity index (χ3n) is 3.07. The molecule has 0 saturated heterocycles. The molecule has 0 bridgehead atoms. The largest absolute Gasteiger partial charge is 0.298 e. The van der Waals surface area contributed by atoms with Crippen LogP contribution in [0.25, 0.3) is 0 Å². The Morgan fingerprint density at radius 1 is 1.44 bits per heavy atom. The molecule has 86 valence electrons. The van der Waals surface area contributed by atoms with E-state index in [1.54, 1.807) is 6.20 Å². The second-order valence-corrected chi connectivity index (χ2v) is 5.88. The fourth-order valence-corrected chi connectivity index (χ4v) is 3.50. The average molecular weight is 235 g/mol. The number of pyridine rings is 1. The van der Waals surface area contributed by atoms with Crippen molar-refractivity contribution in [3.05, 3.63) is 23.9 Å². The van der Waals surface area contributed by atoms with Gasteiger partial charge in [0.15, 0.2) is 6.29 Å². The molecule has 0 N–H and O–H groups in total. The summed E-state index contributed by atoms with van der Waals surface area (Å²) < 4.78 is 0. The summed E-state index contributed by atoms with van der Waals surface area (Å²) in [6, 6.07) is 3.79. The quantitative estimate of drug-likeness (QED) is 0.750. The summed E-state index contributed by atoms with van der Waals surface area (Å²) in [5.74, 6) is 0.848. The van der Waals surface area contributed by atoms with Gasteiger partial charge in [0, 0.05) is 17.0 Å². The summed E-state index contributed by atoms with van der Waals surface area (Å²) in [6.07, 6.45) is 7.79. The van der Waals surface area contributed by atoms with Gasteiger partial charge in [-0.15, -0.1) is 11.8 Å². The molecular formula is C13H17NOS. The third-order valence-corrected chi connectivity index (χ3v) is 4.32.